The molecule has 2 heterocycles. The van der Waals surface area contributed by atoms with Gasteiger partial charge in [0, 0.05) is 30.8 Å². The molecule has 0 bridgehead atoms. The lowest BCUT2D eigenvalue weighted by Crippen LogP contribution is -2.34. The molecule has 0 radical (unpaired) electrons. The first kappa shape index (κ1) is 14.1. The number of halogens is 1. The Bertz CT molecular complexity index is 539. The molecule has 0 fully saturated rings. The molecule has 5 nitrogen and oxygen atoms in total. The van der Waals surface area contributed by atoms with Gasteiger partial charge < -0.3 is 5.32 Å². The molecule has 0 aliphatic carbocycles. The van der Waals surface area contributed by atoms with E-state index in [-0.39, 0.29) is 17.3 Å². The lowest BCUT2D eigenvalue weighted by atomic mass is 10.1. The van der Waals surface area contributed by atoms with E-state index in [1.807, 2.05) is 6.92 Å². The van der Waals surface area contributed by atoms with Crippen LogP contribution in [0.15, 0.2) is 4.79 Å². The molecule has 1 aromatic rings. The van der Waals surface area contributed by atoms with Gasteiger partial charge in [0.05, 0.1) is 0 Å². The average molecular weight is 284 g/mol. The fourth-order valence-electron chi connectivity index (χ4n) is 2.39. The Kier molecular flexibility index (Phi) is 4.58. The number of carbonyl (C=O) groups excluding carboxylic acids is 1. The molecule has 0 unspecified atom stereocenters. The molecule has 2 rings (SSSR count). The summed E-state index contributed by atoms with van der Waals surface area (Å²) >= 11 is 5.40. The largest absolute Gasteiger partial charge is 0.355 e. The molecule has 0 spiro atoms. The summed E-state index contributed by atoms with van der Waals surface area (Å²) in [5.74, 6) is 0.619. The van der Waals surface area contributed by atoms with Crippen LogP contribution in [0.1, 0.15) is 29.9 Å². The second kappa shape index (κ2) is 6.19. The number of rotatable bonds is 4. The third-order valence-electron chi connectivity index (χ3n) is 3.40. The van der Waals surface area contributed by atoms with Gasteiger partial charge in [-0.05, 0) is 26.2 Å². The van der Waals surface area contributed by atoms with Crippen molar-refractivity contribution in [2.45, 2.75) is 39.2 Å². The number of nitrogens with zero attached hydrogens (tertiary/aromatic N) is 2. The molecule has 104 valence electrons. The third-order valence-corrected chi connectivity index (χ3v) is 3.64. The van der Waals surface area contributed by atoms with Gasteiger partial charge in [0.25, 0.3) is 5.56 Å². The predicted molar refractivity (Wildman–Crippen MR) is 73.6 cm³/mol. The lowest BCUT2D eigenvalue weighted by molar-refractivity contribution is -0.118. The average Bonchev–Trinajstić information content (AvgIpc) is 2.42. The highest BCUT2D eigenvalue weighted by molar-refractivity contribution is 6.27. The van der Waals surface area contributed by atoms with Crippen LogP contribution in [0.3, 0.4) is 0 Å². The van der Waals surface area contributed by atoms with E-state index < -0.39 is 0 Å². The second-order valence-corrected chi connectivity index (χ2v) is 5.01. The fourth-order valence-corrected chi connectivity index (χ4v) is 2.49. The molecule has 6 heteroatoms. The molecule has 1 aliphatic rings. The molecule has 0 aromatic carbocycles. The van der Waals surface area contributed by atoms with Crippen LogP contribution in [-0.4, -0.2) is 27.9 Å². The van der Waals surface area contributed by atoms with Gasteiger partial charge in [-0.3, -0.25) is 14.2 Å². The van der Waals surface area contributed by atoms with Crippen LogP contribution in [0, 0.1) is 6.92 Å². The minimum absolute atomic E-state index is 0.0438. The molecular formula is C13H18ClN3O2. The minimum Gasteiger partial charge on any atom is -0.355 e. The summed E-state index contributed by atoms with van der Waals surface area (Å²) in [6.07, 6.45) is 3.50. The Morgan fingerprint density at radius 1 is 1.47 bits per heavy atom. The van der Waals surface area contributed by atoms with Crippen molar-refractivity contribution in [2.75, 3.05) is 12.4 Å². The van der Waals surface area contributed by atoms with Crippen molar-refractivity contribution >= 4 is 17.5 Å². The SMILES string of the molecule is Cc1nc2n(c(=O)c1CCNC(=O)CCl)CCCC2. The maximum absolute atomic E-state index is 12.4. The monoisotopic (exact) mass is 283 g/mol. The Labute approximate surface area is 117 Å². The molecule has 0 atom stereocenters. The van der Waals surface area contributed by atoms with E-state index in [1.165, 1.54) is 0 Å². The molecule has 1 amide bonds. The summed E-state index contributed by atoms with van der Waals surface area (Å²) in [5, 5.41) is 2.67. The number of carbonyl (C=O) groups is 1. The Morgan fingerprint density at radius 2 is 2.26 bits per heavy atom. The van der Waals surface area contributed by atoms with Crippen LogP contribution >= 0.6 is 11.6 Å². The van der Waals surface area contributed by atoms with Gasteiger partial charge in [-0.2, -0.15) is 0 Å². The van der Waals surface area contributed by atoms with Gasteiger partial charge in [0.15, 0.2) is 0 Å². The van der Waals surface area contributed by atoms with Gasteiger partial charge in [-0.15, -0.1) is 11.6 Å². The van der Waals surface area contributed by atoms with E-state index in [0.29, 0.717) is 18.5 Å². The zero-order valence-electron chi connectivity index (χ0n) is 11.0. The normalized spacial score (nSPS) is 14.0. The highest BCUT2D eigenvalue weighted by Gasteiger charge is 2.16. The Balaban J connectivity index is 2.16. The summed E-state index contributed by atoms with van der Waals surface area (Å²) in [6, 6.07) is 0. The first-order chi connectivity index (χ1) is 9.13. The van der Waals surface area contributed by atoms with E-state index in [2.05, 4.69) is 10.3 Å². The first-order valence-corrected chi connectivity index (χ1v) is 7.08. The molecule has 0 saturated heterocycles. The van der Waals surface area contributed by atoms with Gasteiger partial charge in [-0.25, -0.2) is 4.98 Å². The molecule has 1 aliphatic heterocycles. The van der Waals surface area contributed by atoms with Crippen LogP contribution in [-0.2, 0) is 24.2 Å². The van der Waals surface area contributed by atoms with E-state index in [9.17, 15) is 9.59 Å². The lowest BCUT2D eigenvalue weighted by Gasteiger charge is -2.19. The highest BCUT2D eigenvalue weighted by atomic mass is 35.5. The maximum atomic E-state index is 12.4. The van der Waals surface area contributed by atoms with Crippen LogP contribution in [0.5, 0.6) is 0 Å². The van der Waals surface area contributed by atoms with Crippen molar-refractivity contribution < 1.29 is 4.79 Å². The highest BCUT2D eigenvalue weighted by Crippen LogP contribution is 2.12. The summed E-state index contributed by atoms with van der Waals surface area (Å²) < 4.78 is 1.77. The Morgan fingerprint density at radius 3 is 3.00 bits per heavy atom. The molecule has 19 heavy (non-hydrogen) atoms. The molecule has 1 N–H and O–H groups in total. The molecule has 1 aromatic heterocycles. The first-order valence-electron chi connectivity index (χ1n) is 6.55. The van der Waals surface area contributed by atoms with E-state index in [1.54, 1.807) is 4.57 Å². The van der Waals surface area contributed by atoms with E-state index >= 15 is 0 Å². The van der Waals surface area contributed by atoms with Crippen LogP contribution in [0.2, 0.25) is 0 Å². The van der Waals surface area contributed by atoms with E-state index in [4.69, 9.17) is 11.6 Å². The topological polar surface area (TPSA) is 64.0 Å². The van der Waals surface area contributed by atoms with Gasteiger partial charge >= 0.3 is 0 Å². The fraction of sp³-hybridized carbons (Fsp3) is 0.615. The maximum Gasteiger partial charge on any atom is 0.256 e. The number of aryl methyl sites for hydroxylation is 2. The summed E-state index contributed by atoms with van der Waals surface area (Å²) in [5.41, 5.74) is 1.51. The van der Waals surface area contributed by atoms with Crippen molar-refractivity contribution in [1.29, 1.82) is 0 Å². The van der Waals surface area contributed by atoms with Crippen molar-refractivity contribution in [3.63, 3.8) is 0 Å². The predicted octanol–water partition coefficient (Wildman–Crippen LogP) is 0.786. The van der Waals surface area contributed by atoms with Gasteiger partial charge in [-0.1, -0.05) is 0 Å². The Hall–Kier alpha value is -1.36. The second-order valence-electron chi connectivity index (χ2n) is 4.74. The summed E-state index contributed by atoms with van der Waals surface area (Å²) in [4.78, 5) is 27.9. The molecular weight excluding hydrogens is 266 g/mol. The quantitative estimate of drug-likeness (QED) is 0.831. The molecule has 0 saturated carbocycles. The minimum atomic E-state index is -0.217. The smallest absolute Gasteiger partial charge is 0.256 e. The number of alkyl halides is 1. The summed E-state index contributed by atoms with van der Waals surface area (Å²) in [6.45, 7) is 3.03. The number of hydrogen-bond donors (Lipinski definition) is 1. The zero-order valence-corrected chi connectivity index (χ0v) is 11.8. The van der Waals surface area contributed by atoms with Gasteiger partial charge in [0.2, 0.25) is 5.91 Å². The number of nitrogens with one attached hydrogen (secondary N) is 1. The number of hydrogen-bond acceptors (Lipinski definition) is 3. The van der Waals surface area contributed by atoms with Gasteiger partial charge in [0.1, 0.15) is 11.7 Å². The van der Waals surface area contributed by atoms with Crippen molar-refractivity contribution in [2.24, 2.45) is 0 Å². The third kappa shape index (κ3) is 3.15. The summed E-state index contributed by atoms with van der Waals surface area (Å²) in [7, 11) is 0. The van der Waals surface area contributed by atoms with Crippen molar-refractivity contribution in [3.05, 3.63) is 27.4 Å². The van der Waals surface area contributed by atoms with E-state index in [0.717, 1.165) is 37.3 Å². The number of aromatic nitrogens is 2. The zero-order chi connectivity index (χ0) is 13.8. The van der Waals surface area contributed by atoms with Crippen LogP contribution in [0.4, 0.5) is 0 Å². The standard InChI is InChI=1S/C13H18ClN3O2/c1-9-10(5-6-15-12(18)8-14)13(19)17-7-3-2-4-11(17)16-9/h2-8H2,1H3,(H,15,18). The van der Waals surface area contributed by atoms with Crippen LogP contribution in [0.25, 0.3) is 0 Å². The number of fused-ring (bicyclic) bond motifs is 1. The van der Waals surface area contributed by atoms with Crippen molar-refractivity contribution in [3.8, 4) is 0 Å². The van der Waals surface area contributed by atoms with Crippen molar-refractivity contribution in [1.82, 2.24) is 14.9 Å². The number of amides is 1. The van der Waals surface area contributed by atoms with Crippen LogP contribution < -0.4 is 10.9 Å².